The van der Waals surface area contributed by atoms with Crippen LogP contribution >= 0.6 is 0 Å². The third-order valence-corrected chi connectivity index (χ3v) is 2.68. The Morgan fingerprint density at radius 1 is 1.18 bits per heavy atom. The lowest BCUT2D eigenvalue weighted by molar-refractivity contribution is 0.102. The molecule has 0 bridgehead atoms. The van der Waals surface area contributed by atoms with Gasteiger partial charge in [0.05, 0.1) is 0 Å². The van der Waals surface area contributed by atoms with Gasteiger partial charge in [0.1, 0.15) is 5.69 Å². The fraction of sp³-hybridized carbons (Fsp3) is 0.214. The van der Waals surface area contributed by atoms with E-state index in [0.717, 1.165) is 5.69 Å². The molecule has 0 spiro atoms. The van der Waals surface area contributed by atoms with Crippen molar-refractivity contribution >= 4 is 11.6 Å². The van der Waals surface area contributed by atoms with Gasteiger partial charge in [-0.2, -0.15) is 0 Å². The van der Waals surface area contributed by atoms with Gasteiger partial charge in [0.25, 0.3) is 5.91 Å². The molecule has 88 valence electrons. The number of anilines is 1. The van der Waals surface area contributed by atoms with Gasteiger partial charge in [-0.15, -0.1) is 0 Å². The Balaban J connectivity index is 2.07. The highest BCUT2D eigenvalue weighted by molar-refractivity contribution is 6.02. The monoisotopic (exact) mass is 228 g/mol. The number of nitrogens with one attached hydrogen (secondary N) is 2. The molecule has 0 aliphatic rings. The zero-order valence-corrected chi connectivity index (χ0v) is 10.0. The second-order valence-electron chi connectivity index (χ2n) is 4.31. The standard InChI is InChI=1S/C14H16N2O/c1-10(2)11-5-7-12(8-6-11)16-14(17)13-4-3-9-15-13/h3-10,15H,1-2H3,(H,16,17). The minimum absolute atomic E-state index is 0.118. The first kappa shape index (κ1) is 11.5. The van der Waals surface area contributed by atoms with Gasteiger partial charge in [-0.1, -0.05) is 26.0 Å². The summed E-state index contributed by atoms with van der Waals surface area (Å²) in [5.41, 5.74) is 2.65. The molecule has 0 unspecified atom stereocenters. The van der Waals surface area contributed by atoms with Crippen LogP contribution in [-0.2, 0) is 0 Å². The zero-order valence-electron chi connectivity index (χ0n) is 10.0. The Morgan fingerprint density at radius 3 is 2.41 bits per heavy atom. The molecular weight excluding hydrogens is 212 g/mol. The number of hydrogen-bond donors (Lipinski definition) is 2. The molecular formula is C14H16N2O. The maximum Gasteiger partial charge on any atom is 0.272 e. The molecule has 0 fully saturated rings. The summed E-state index contributed by atoms with van der Waals surface area (Å²) in [7, 11) is 0. The molecule has 3 heteroatoms. The number of aromatic amines is 1. The van der Waals surface area contributed by atoms with Gasteiger partial charge in [0, 0.05) is 11.9 Å². The van der Waals surface area contributed by atoms with Crippen LogP contribution in [0.15, 0.2) is 42.6 Å². The summed E-state index contributed by atoms with van der Waals surface area (Å²) in [6, 6.07) is 11.5. The van der Waals surface area contributed by atoms with E-state index in [1.165, 1.54) is 5.56 Å². The van der Waals surface area contributed by atoms with Crippen LogP contribution in [0.1, 0.15) is 35.8 Å². The van der Waals surface area contributed by atoms with E-state index in [-0.39, 0.29) is 5.91 Å². The maximum atomic E-state index is 11.8. The molecule has 17 heavy (non-hydrogen) atoms. The average Bonchev–Trinajstić information content (AvgIpc) is 2.83. The molecule has 1 heterocycles. The molecule has 3 nitrogen and oxygen atoms in total. The molecule has 2 rings (SSSR count). The molecule has 1 aromatic carbocycles. The van der Waals surface area contributed by atoms with Crippen molar-refractivity contribution in [1.82, 2.24) is 4.98 Å². The van der Waals surface area contributed by atoms with E-state index in [2.05, 4.69) is 24.1 Å². The summed E-state index contributed by atoms with van der Waals surface area (Å²) in [6.45, 7) is 4.29. The quantitative estimate of drug-likeness (QED) is 0.831. The van der Waals surface area contributed by atoms with Crippen LogP contribution in [-0.4, -0.2) is 10.9 Å². The summed E-state index contributed by atoms with van der Waals surface area (Å²) >= 11 is 0. The van der Waals surface area contributed by atoms with Crippen LogP contribution in [0.4, 0.5) is 5.69 Å². The van der Waals surface area contributed by atoms with E-state index in [0.29, 0.717) is 11.6 Å². The molecule has 1 amide bonds. The van der Waals surface area contributed by atoms with Crippen molar-refractivity contribution in [1.29, 1.82) is 0 Å². The first-order chi connectivity index (χ1) is 8.16. The van der Waals surface area contributed by atoms with Crippen LogP contribution < -0.4 is 5.32 Å². The third-order valence-electron chi connectivity index (χ3n) is 2.68. The van der Waals surface area contributed by atoms with Gasteiger partial charge in [0.15, 0.2) is 0 Å². The molecule has 0 radical (unpaired) electrons. The summed E-state index contributed by atoms with van der Waals surface area (Å²) in [5, 5.41) is 2.84. The lowest BCUT2D eigenvalue weighted by Crippen LogP contribution is -2.12. The highest BCUT2D eigenvalue weighted by atomic mass is 16.1. The predicted molar refractivity (Wildman–Crippen MR) is 69.3 cm³/mol. The molecule has 0 saturated carbocycles. The van der Waals surface area contributed by atoms with E-state index in [9.17, 15) is 4.79 Å². The lowest BCUT2D eigenvalue weighted by Gasteiger charge is -2.07. The third kappa shape index (κ3) is 2.75. The SMILES string of the molecule is CC(C)c1ccc(NC(=O)c2ccc[nH]2)cc1. The fourth-order valence-electron chi connectivity index (χ4n) is 1.62. The lowest BCUT2D eigenvalue weighted by atomic mass is 10.0. The van der Waals surface area contributed by atoms with Gasteiger partial charge >= 0.3 is 0 Å². The van der Waals surface area contributed by atoms with Crippen LogP contribution in [0.5, 0.6) is 0 Å². The fourth-order valence-corrected chi connectivity index (χ4v) is 1.62. The van der Waals surface area contributed by atoms with Crippen molar-refractivity contribution in [2.24, 2.45) is 0 Å². The normalized spacial score (nSPS) is 10.5. The first-order valence-corrected chi connectivity index (χ1v) is 5.71. The predicted octanol–water partition coefficient (Wildman–Crippen LogP) is 3.39. The highest BCUT2D eigenvalue weighted by Crippen LogP contribution is 2.17. The summed E-state index contributed by atoms with van der Waals surface area (Å²) in [6.07, 6.45) is 1.73. The number of benzene rings is 1. The Kier molecular flexibility index (Phi) is 3.28. The van der Waals surface area contributed by atoms with Gasteiger partial charge in [-0.3, -0.25) is 4.79 Å². The Labute approximate surface area is 101 Å². The summed E-state index contributed by atoms with van der Waals surface area (Å²) in [5.74, 6) is 0.385. The summed E-state index contributed by atoms with van der Waals surface area (Å²) < 4.78 is 0. The van der Waals surface area contributed by atoms with Gasteiger partial charge < -0.3 is 10.3 Å². The minimum Gasteiger partial charge on any atom is -0.357 e. The topological polar surface area (TPSA) is 44.9 Å². The largest absolute Gasteiger partial charge is 0.357 e. The second kappa shape index (κ2) is 4.87. The van der Waals surface area contributed by atoms with Gasteiger partial charge in [0.2, 0.25) is 0 Å². The Bertz CT molecular complexity index is 483. The van der Waals surface area contributed by atoms with Crippen molar-refractivity contribution in [3.8, 4) is 0 Å². The summed E-state index contributed by atoms with van der Waals surface area (Å²) in [4.78, 5) is 14.6. The van der Waals surface area contributed by atoms with E-state index >= 15 is 0 Å². The molecule has 2 N–H and O–H groups in total. The van der Waals surface area contributed by atoms with Gasteiger partial charge in [-0.05, 0) is 35.7 Å². The van der Waals surface area contributed by atoms with Crippen LogP contribution in [0.2, 0.25) is 0 Å². The molecule has 1 aromatic heterocycles. The zero-order chi connectivity index (χ0) is 12.3. The molecule has 0 atom stereocenters. The molecule has 2 aromatic rings. The van der Waals surface area contributed by atoms with Crippen molar-refractivity contribution in [3.63, 3.8) is 0 Å². The average molecular weight is 228 g/mol. The molecule has 0 aliphatic heterocycles. The van der Waals surface area contributed by atoms with Crippen LogP contribution in [0, 0.1) is 0 Å². The Hall–Kier alpha value is -2.03. The minimum atomic E-state index is -0.118. The van der Waals surface area contributed by atoms with E-state index in [4.69, 9.17) is 0 Å². The van der Waals surface area contributed by atoms with Crippen molar-refractivity contribution < 1.29 is 4.79 Å². The second-order valence-corrected chi connectivity index (χ2v) is 4.31. The van der Waals surface area contributed by atoms with Crippen LogP contribution in [0.3, 0.4) is 0 Å². The van der Waals surface area contributed by atoms with Crippen molar-refractivity contribution in [2.75, 3.05) is 5.32 Å². The number of aromatic nitrogens is 1. The molecule has 0 aliphatic carbocycles. The van der Waals surface area contributed by atoms with Crippen molar-refractivity contribution in [2.45, 2.75) is 19.8 Å². The number of carbonyl (C=O) groups excluding carboxylic acids is 1. The number of carbonyl (C=O) groups is 1. The first-order valence-electron chi connectivity index (χ1n) is 5.71. The van der Waals surface area contributed by atoms with Crippen LogP contribution in [0.25, 0.3) is 0 Å². The number of H-pyrrole nitrogens is 1. The van der Waals surface area contributed by atoms with Crippen molar-refractivity contribution in [3.05, 3.63) is 53.9 Å². The highest BCUT2D eigenvalue weighted by Gasteiger charge is 2.06. The molecule has 0 saturated heterocycles. The number of hydrogen-bond acceptors (Lipinski definition) is 1. The number of amides is 1. The van der Waals surface area contributed by atoms with E-state index < -0.39 is 0 Å². The van der Waals surface area contributed by atoms with E-state index in [1.807, 2.05) is 24.3 Å². The van der Waals surface area contributed by atoms with Gasteiger partial charge in [-0.25, -0.2) is 0 Å². The maximum absolute atomic E-state index is 11.8. The smallest absolute Gasteiger partial charge is 0.272 e. The Morgan fingerprint density at radius 2 is 1.88 bits per heavy atom. The van der Waals surface area contributed by atoms with E-state index in [1.54, 1.807) is 18.3 Å². The number of rotatable bonds is 3.